The molecule has 0 radical (unpaired) electrons. The first-order chi connectivity index (χ1) is 45.5. The summed E-state index contributed by atoms with van der Waals surface area (Å²) in [6.07, 6.45) is 3.20. The Hall–Kier alpha value is -8.91. The van der Waals surface area contributed by atoms with Gasteiger partial charge < -0.3 is 18.9 Å². The van der Waals surface area contributed by atoms with Gasteiger partial charge in [0.1, 0.15) is 49.4 Å². The number of rotatable bonds is 18. The Balaban J connectivity index is 0.000000138. The molecule has 13 rings (SSSR count). The van der Waals surface area contributed by atoms with Gasteiger partial charge in [0.2, 0.25) is 0 Å². The van der Waals surface area contributed by atoms with Gasteiger partial charge in [-0.05, 0) is 171 Å². The molecular weight excluding hydrogens is 1350 g/mol. The minimum absolute atomic E-state index is 0.267. The maximum absolute atomic E-state index is 12.2. The topological polar surface area (TPSA) is 248 Å². The summed E-state index contributed by atoms with van der Waals surface area (Å²) in [4.78, 5) is 51.9. The van der Waals surface area contributed by atoms with Crippen molar-refractivity contribution in [3.8, 4) is 45.7 Å². The third-order valence-corrected chi connectivity index (χ3v) is 19.9. The maximum Gasteiger partial charge on any atom is 0.368 e. The van der Waals surface area contributed by atoms with E-state index in [4.69, 9.17) is 24.4 Å². The van der Waals surface area contributed by atoms with E-state index in [0.717, 1.165) is 92.3 Å². The second-order valence-corrected chi connectivity index (χ2v) is 26.4. The molecule has 0 spiro atoms. The summed E-state index contributed by atoms with van der Waals surface area (Å²) < 4.78 is 65.2. The number of hydrogen-bond acceptors (Lipinski definition) is 20. The second-order valence-electron chi connectivity index (χ2n) is 20.8. The van der Waals surface area contributed by atoms with E-state index in [-0.39, 0.29) is 22.8 Å². The predicted octanol–water partition coefficient (Wildman–Crippen LogP) is 10.0. The quantitative estimate of drug-likeness (QED) is 0.0725. The fourth-order valence-electron chi connectivity index (χ4n) is 9.02. The lowest BCUT2D eigenvalue weighted by Gasteiger charge is -2.11. The van der Waals surface area contributed by atoms with Crippen LogP contribution in [-0.2, 0) is 61.0 Å². The molecule has 1 aliphatic rings. The molecule has 1 saturated carbocycles. The lowest BCUT2D eigenvalue weighted by molar-refractivity contribution is 0.303. The number of aryl methyl sites for hydroxylation is 10. The first-order valence-electron chi connectivity index (χ1n) is 30.3. The van der Waals surface area contributed by atoms with Crippen LogP contribution in [0.2, 0.25) is 0 Å². The number of aromatic nitrogens is 16. The van der Waals surface area contributed by atoms with Crippen LogP contribution in [0.1, 0.15) is 90.3 Å². The van der Waals surface area contributed by atoms with Crippen molar-refractivity contribution in [2.24, 2.45) is 28.2 Å². The zero-order valence-electron chi connectivity index (χ0n) is 55.2. The van der Waals surface area contributed by atoms with E-state index in [0.29, 0.717) is 73.6 Å². The van der Waals surface area contributed by atoms with E-state index in [2.05, 4.69) is 71.2 Å². The van der Waals surface area contributed by atoms with Crippen molar-refractivity contribution in [1.29, 1.82) is 0 Å². The Morgan fingerprint density at radius 2 is 0.780 bits per heavy atom. The average Bonchev–Trinajstić information content (AvgIpc) is 1.62. The molecule has 472 valence electrons. The molecule has 0 atom stereocenters. The average molecular weight is 1430 g/mol. The minimum atomic E-state index is -0.296. The summed E-state index contributed by atoms with van der Waals surface area (Å²) in [5.41, 5.74) is 9.10. The van der Waals surface area contributed by atoms with E-state index in [1.54, 1.807) is 118 Å². The number of ether oxygens (including phenoxy) is 4. The lowest BCUT2D eigenvalue weighted by Crippen LogP contribution is -2.22. The maximum atomic E-state index is 12.2. The smallest absolute Gasteiger partial charge is 0.368 e. The van der Waals surface area contributed by atoms with Gasteiger partial charge >= 0.3 is 22.8 Å². The Kier molecular flexibility index (Phi) is 19.3. The number of hydrogen-bond donors (Lipinski definition) is 0. The SMILES string of the molecule is [3H]c1ccc(OCc2c(-n3nnn(C)c3=O)csc2C)c(C)c1.[3H]c1ccc(OCc2c(-n3nnn(C)c3=O)csc2C2CC2)c(C)c1.[3H]c1ccc(OCc2c(-n3nnn(C)c3=O)csc2CC)c(C)c1.[3H]c1ccc(OCc2c(-n3nnn(C)c3=O)csc2I)c(C)c1. The van der Waals surface area contributed by atoms with Gasteiger partial charge in [-0.25, -0.2) is 19.2 Å². The van der Waals surface area contributed by atoms with Gasteiger partial charge in [-0.2, -0.15) is 37.5 Å². The zero-order valence-corrected chi connectivity index (χ0v) is 56.6. The van der Waals surface area contributed by atoms with Gasteiger partial charge in [0.05, 0.1) is 31.1 Å². The van der Waals surface area contributed by atoms with Crippen LogP contribution in [0.25, 0.3) is 22.7 Å². The highest BCUT2D eigenvalue weighted by molar-refractivity contribution is 14.1. The van der Waals surface area contributed by atoms with Gasteiger partial charge in [-0.1, -0.05) is 79.6 Å². The molecule has 4 aromatic carbocycles. The predicted molar refractivity (Wildman–Crippen MR) is 359 cm³/mol. The van der Waals surface area contributed by atoms with Gasteiger partial charge in [0, 0.05) is 86.6 Å². The fraction of sp³-hybridized carbons (Fsp3) is 0.290. The van der Waals surface area contributed by atoms with Crippen LogP contribution in [0.3, 0.4) is 0 Å². The summed E-state index contributed by atoms with van der Waals surface area (Å²) in [5, 5.41) is 38.3. The van der Waals surface area contributed by atoms with Gasteiger partial charge in [0.25, 0.3) is 0 Å². The second kappa shape index (κ2) is 29.4. The first-order valence-corrected chi connectivity index (χ1v) is 32.9. The van der Waals surface area contributed by atoms with Crippen molar-refractivity contribution in [3.05, 3.63) is 222 Å². The summed E-state index contributed by atoms with van der Waals surface area (Å²) in [7, 11) is 6.28. The molecule has 12 aromatic rings. The Bertz CT molecular complexity index is 4820. The van der Waals surface area contributed by atoms with E-state index < -0.39 is 0 Å². The van der Waals surface area contributed by atoms with Crippen molar-refractivity contribution in [2.75, 3.05) is 0 Å². The molecule has 8 heterocycles. The fourth-order valence-corrected chi connectivity index (χ4v) is 13.6. The van der Waals surface area contributed by atoms with E-state index in [1.807, 2.05) is 62.2 Å². The third kappa shape index (κ3) is 15.0. The van der Waals surface area contributed by atoms with Crippen LogP contribution in [0.5, 0.6) is 23.0 Å². The highest BCUT2D eigenvalue weighted by atomic mass is 127. The molecule has 0 bridgehead atoms. The van der Waals surface area contributed by atoms with Gasteiger partial charge in [0.15, 0.2) is 0 Å². The number of nitrogens with zero attached hydrogens (tertiary/aromatic N) is 16. The summed E-state index contributed by atoms with van der Waals surface area (Å²) in [6.45, 7) is 13.0. The molecule has 0 unspecified atom stereocenters. The standard InChI is InChI=1S/C17H18N4O2S.C16H18N4O2S.C15H16N4O2S.C14H13IN4O2S/c1-11-5-3-4-6-15(11)23-9-13-14(10-24-16(13)12-7-8-12)21-17(22)20(2)18-19-21;1-4-15-12(9-22-14-8-6-5-7-11(14)2)13(10-23-15)20-16(21)19(3)17-18-20;1-10-6-4-5-7-14(10)21-8-12-11(2)22-9-13(12)19-15(20)18(3)16-17-19;1-9-5-3-4-6-12(9)21-7-10-11(8-22-13(10)15)19-14(20)18(2)16-17-19/h3-6,10,12H,7-9H2,1-2H3;5-8,10H,4,9H2,1-3H3;4-7,9H,8H2,1-3H3;3-6,8H,7H2,1-2H3/i3T;5T;4T;3T. The van der Waals surface area contributed by atoms with Crippen LogP contribution in [0, 0.1) is 37.5 Å². The molecule has 0 N–H and O–H groups in total. The van der Waals surface area contributed by atoms with Crippen LogP contribution < -0.4 is 41.7 Å². The number of para-hydroxylation sites is 4. The molecule has 1 aliphatic carbocycles. The summed E-state index contributed by atoms with van der Waals surface area (Å²) in [5.74, 6) is 3.49. The molecule has 24 nitrogen and oxygen atoms in total. The van der Waals surface area contributed by atoms with E-state index >= 15 is 0 Å². The first kappa shape index (κ1) is 59.7. The summed E-state index contributed by atoms with van der Waals surface area (Å²) >= 11 is 8.52. The largest absolute Gasteiger partial charge is 0.489 e. The van der Waals surface area contributed by atoms with Crippen LogP contribution in [0.4, 0.5) is 0 Å². The Morgan fingerprint density at radius 3 is 1.15 bits per heavy atom. The van der Waals surface area contributed by atoms with Crippen LogP contribution in [0.15, 0.2) is 138 Å². The van der Waals surface area contributed by atoms with E-state index in [9.17, 15) is 19.2 Å². The zero-order chi connectivity index (χ0) is 67.9. The van der Waals surface area contributed by atoms with Crippen molar-refractivity contribution in [3.63, 3.8) is 0 Å². The lowest BCUT2D eigenvalue weighted by atomic mass is 10.2. The molecule has 0 saturated heterocycles. The Labute approximate surface area is 557 Å². The highest BCUT2D eigenvalue weighted by Crippen LogP contribution is 2.46. The summed E-state index contributed by atoms with van der Waals surface area (Å²) in [6, 6.07) is 22.8. The van der Waals surface area contributed by atoms with Crippen molar-refractivity contribution in [1.82, 2.24) is 79.2 Å². The van der Waals surface area contributed by atoms with Crippen molar-refractivity contribution in [2.45, 2.75) is 93.2 Å². The van der Waals surface area contributed by atoms with Crippen molar-refractivity contribution >= 4 is 67.9 Å². The monoisotopic (exact) mass is 1420 g/mol. The highest BCUT2D eigenvalue weighted by Gasteiger charge is 2.31. The number of thiophene rings is 4. The molecule has 0 amide bonds. The minimum Gasteiger partial charge on any atom is -0.489 e. The molecular formula is C62H65IN16O8S4. The number of benzene rings is 4. The van der Waals surface area contributed by atoms with Gasteiger partial charge in [-0.15, -0.1) is 45.3 Å². The van der Waals surface area contributed by atoms with Crippen LogP contribution in [-0.4, -0.2) is 79.2 Å². The molecule has 0 aliphatic heterocycles. The number of halogens is 1. The molecule has 8 aromatic heterocycles. The Morgan fingerprint density at radius 1 is 0.451 bits per heavy atom. The molecule has 29 heteroatoms. The third-order valence-electron chi connectivity index (χ3n) is 14.4. The molecule has 1 fully saturated rings. The molecule has 91 heavy (non-hydrogen) atoms. The van der Waals surface area contributed by atoms with Crippen molar-refractivity contribution < 1.29 is 24.4 Å². The normalized spacial score (nSPS) is 12.3. The van der Waals surface area contributed by atoms with Crippen LogP contribution >= 0.6 is 67.9 Å². The van der Waals surface area contributed by atoms with Gasteiger partial charge in [-0.3, -0.25) is 0 Å². The van der Waals surface area contributed by atoms with E-state index in [1.165, 1.54) is 77.8 Å². The number of tetrazole rings is 4.